The van der Waals surface area contributed by atoms with Gasteiger partial charge in [0.15, 0.2) is 11.5 Å². The van der Waals surface area contributed by atoms with Crippen molar-refractivity contribution in [2.24, 2.45) is 0 Å². The first kappa shape index (κ1) is 18.9. The highest BCUT2D eigenvalue weighted by molar-refractivity contribution is 5.97. The first-order valence-corrected chi connectivity index (χ1v) is 7.99. The SMILES string of the molecule is COc1ccc(CCNC(=O)/C(C#N)=C\C=C\c2ccco2)cc1OC. The molecule has 1 heterocycles. The predicted octanol–water partition coefficient (Wildman–Crippen LogP) is 3.12. The van der Waals surface area contributed by atoms with Crippen molar-refractivity contribution < 1.29 is 18.7 Å². The lowest BCUT2D eigenvalue weighted by Crippen LogP contribution is -2.26. The van der Waals surface area contributed by atoms with Crippen molar-refractivity contribution in [1.29, 1.82) is 5.26 Å². The van der Waals surface area contributed by atoms with Crippen molar-refractivity contribution in [2.75, 3.05) is 20.8 Å². The van der Waals surface area contributed by atoms with E-state index in [1.807, 2.05) is 24.3 Å². The number of amides is 1. The zero-order valence-corrected chi connectivity index (χ0v) is 14.7. The number of ether oxygens (including phenoxy) is 2. The van der Waals surface area contributed by atoms with E-state index in [4.69, 9.17) is 19.2 Å². The van der Waals surface area contributed by atoms with Gasteiger partial charge in [0.05, 0.1) is 20.5 Å². The van der Waals surface area contributed by atoms with Crippen molar-refractivity contribution >= 4 is 12.0 Å². The maximum Gasteiger partial charge on any atom is 0.261 e. The van der Waals surface area contributed by atoms with Crippen LogP contribution in [0.15, 0.2) is 58.7 Å². The summed E-state index contributed by atoms with van der Waals surface area (Å²) in [4.78, 5) is 12.1. The Balaban J connectivity index is 1.89. The topological polar surface area (TPSA) is 84.5 Å². The van der Waals surface area contributed by atoms with Gasteiger partial charge in [0.25, 0.3) is 5.91 Å². The Bertz CT molecular complexity index is 830. The largest absolute Gasteiger partial charge is 0.493 e. The summed E-state index contributed by atoms with van der Waals surface area (Å²) < 4.78 is 15.6. The summed E-state index contributed by atoms with van der Waals surface area (Å²) in [6.07, 6.45) is 6.89. The van der Waals surface area contributed by atoms with Gasteiger partial charge in [0.1, 0.15) is 17.4 Å². The molecule has 0 atom stereocenters. The molecule has 6 heteroatoms. The fourth-order valence-electron chi connectivity index (χ4n) is 2.24. The summed E-state index contributed by atoms with van der Waals surface area (Å²) in [6.45, 7) is 0.398. The second-order valence-corrected chi connectivity index (χ2v) is 5.26. The van der Waals surface area contributed by atoms with Crippen LogP contribution in [0.4, 0.5) is 0 Å². The van der Waals surface area contributed by atoms with Gasteiger partial charge in [0.2, 0.25) is 0 Å². The molecule has 0 saturated heterocycles. The van der Waals surface area contributed by atoms with E-state index in [-0.39, 0.29) is 5.57 Å². The first-order chi connectivity index (χ1) is 12.7. The second kappa shape index (κ2) is 9.74. The molecule has 0 saturated carbocycles. The monoisotopic (exact) mass is 352 g/mol. The number of nitriles is 1. The molecule has 0 bridgehead atoms. The van der Waals surface area contributed by atoms with E-state index in [9.17, 15) is 4.79 Å². The van der Waals surface area contributed by atoms with Crippen molar-refractivity contribution in [1.82, 2.24) is 5.32 Å². The van der Waals surface area contributed by atoms with Gasteiger partial charge >= 0.3 is 0 Å². The molecule has 1 aromatic carbocycles. The number of nitrogens with one attached hydrogen (secondary N) is 1. The quantitative estimate of drug-likeness (QED) is 0.448. The molecule has 26 heavy (non-hydrogen) atoms. The van der Waals surface area contributed by atoms with E-state index in [2.05, 4.69) is 5.32 Å². The van der Waals surface area contributed by atoms with Crippen LogP contribution in [0.25, 0.3) is 6.08 Å². The highest BCUT2D eigenvalue weighted by atomic mass is 16.5. The van der Waals surface area contributed by atoms with Crippen LogP contribution < -0.4 is 14.8 Å². The smallest absolute Gasteiger partial charge is 0.261 e. The number of allylic oxidation sites excluding steroid dienone is 2. The lowest BCUT2D eigenvalue weighted by atomic mass is 10.1. The van der Waals surface area contributed by atoms with Gasteiger partial charge in [0, 0.05) is 6.54 Å². The Morgan fingerprint density at radius 3 is 2.73 bits per heavy atom. The third-order valence-electron chi connectivity index (χ3n) is 3.58. The zero-order chi connectivity index (χ0) is 18.8. The Kier molecular flexibility index (Phi) is 7.07. The summed E-state index contributed by atoms with van der Waals surface area (Å²) >= 11 is 0. The third kappa shape index (κ3) is 5.28. The van der Waals surface area contributed by atoms with Gasteiger partial charge in [-0.25, -0.2) is 0 Å². The standard InChI is InChI=1S/C20H20N2O4/c1-24-18-9-8-15(13-19(18)25-2)10-11-22-20(23)16(14-21)5-3-6-17-7-4-12-26-17/h3-9,12-13H,10-11H2,1-2H3,(H,22,23)/b6-3+,16-5-. The summed E-state index contributed by atoms with van der Waals surface area (Å²) in [5.41, 5.74) is 1.02. The molecule has 1 aromatic heterocycles. The Hall–Kier alpha value is -3.46. The Morgan fingerprint density at radius 1 is 1.27 bits per heavy atom. The van der Waals surface area contributed by atoms with Crippen LogP contribution in [0.1, 0.15) is 11.3 Å². The van der Waals surface area contributed by atoms with Gasteiger partial charge < -0.3 is 19.2 Å². The van der Waals surface area contributed by atoms with Crippen LogP contribution in [0.5, 0.6) is 11.5 Å². The van der Waals surface area contributed by atoms with Crippen molar-refractivity contribution in [3.63, 3.8) is 0 Å². The number of carbonyl (C=O) groups is 1. The minimum absolute atomic E-state index is 0.0279. The molecule has 2 rings (SSSR count). The second-order valence-electron chi connectivity index (χ2n) is 5.26. The van der Waals surface area contributed by atoms with Crippen LogP contribution >= 0.6 is 0 Å². The average molecular weight is 352 g/mol. The number of methoxy groups -OCH3 is 2. The molecular formula is C20H20N2O4. The molecule has 0 radical (unpaired) electrons. The van der Waals surface area contributed by atoms with E-state index >= 15 is 0 Å². The van der Waals surface area contributed by atoms with E-state index in [1.54, 1.807) is 44.8 Å². The number of carbonyl (C=O) groups excluding carboxylic acids is 1. The van der Waals surface area contributed by atoms with Gasteiger partial charge in [-0.3, -0.25) is 4.79 Å². The molecule has 0 aliphatic heterocycles. The third-order valence-corrected chi connectivity index (χ3v) is 3.58. The highest BCUT2D eigenvalue weighted by Crippen LogP contribution is 2.27. The molecule has 2 aromatic rings. The highest BCUT2D eigenvalue weighted by Gasteiger charge is 2.08. The van der Waals surface area contributed by atoms with Gasteiger partial charge in [-0.15, -0.1) is 0 Å². The first-order valence-electron chi connectivity index (χ1n) is 7.99. The molecule has 0 fully saturated rings. The Morgan fingerprint density at radius 2 is 2.08 bits per heavy atom. The fraction of sp³-hybridized carbons (Fsp3) is 0.200. The number of benzene rings is 1. The molecule has 134 valence electrons. The Labute approximate surface area is 152 Å². The van der Waals surface area contributed by atoms with E-state index in [0.29, 0.717) is 30.2 Å². The minimum Gasteiger partial charge on any atom is -0.493 e. The predicted molar refractivity (Wildman–Crippen MR) is 97.7 cm³/mol. The molecule has 0 spiro atoms. The van der Waals surface area contributed by atoms with E-state index in [0.717, 1.165) is 5.56 Å². The lowest BCUT2D eigenvalue weighted by Gasteiger charge is -2.10. The van der Waals surface area contributed by atoms with Gasteiger partial charge in [-0.2, -0.15) is 5.26 Å². The van der Waals surface area contributed by atoms with Crippen LogP contribution in [0.2, 0.25) is 0 Å². The van der Waals surface area contributed by atoms with Crippen molar-refractivity contribution in [3.8, 4) is 17.6 Å². The average Bonchev–Trinajstić information content (AvgIpc) is 3.18. The summed E-state index contributed by atoms with van der Waals surface area (Å²) in [5.74, 6) is 1.51. The van der Waals surface area contributed by atoms with Crippen LogP contribution in [-0.2, 0) is 11.2 Å². The van der Waals surface area contributed by atoms with Crippen molar-refractivity contribution in [3.05, 3.63) is 65.6 Å². The fourth-order valence-corrected chi connectivity index (χ4v) is 2.24. The molecule has 1 N–H and O–H groups in total. The molecule has 6 nitrogen and oxygen atoms in total. The zero-order valence-electron chi connectivity index (χ0n) is 14.7. The molecule has 0 unspecified atom stereocenters. The summed E-state index contributed by atoms with van der Waals surface area (Å²) in [7, 11) is 3.15. The molecule has 1 amide bonds. The minimum atomic E-state index is -0.419. The number of furan rings is 1. The molecule has 0 aliphatic carbocycles. The number of hydrogen-bond acceptors (Lipinski definition) is 5. The van der Waals surface area contributed by atoms with Crippen LogP contribution in [-0.4, -0.2) is 26.7 Å². The maximum atomic E-state index is 12.1. The van der Waals surface area contributed by atoms with Crippen LogP contribution in [0.3, 0.4) is 0 Å². The van der Waals surface area contributed by atoms with Gasteiger partial charge in [-0.1, -0.05) is 12.1 Å². The number of rotatable bonds is 8. The molecular weight excluding hydrogens is 332 g/mol. The summed E-state index contributed by atoms with van der Waals surface area (Å²) in [5, 5.41) is 11.9. The van der Waals surface area contributed by atoms with Gasteiger partial charge in [-0.05, 0) is 48.4 Å². The maximum absolute atomic E-state index is 12.1. The lowest BCUT2D eigenvalue weighted by molar-refractivity contribution is -0.117. The summed E-state index contributed by atoms with van der Waals surface area (Å²) in [6, 6.07) is 11.0. The van der Waals surface area contributed by atoms with Crippen molar-refractivity contribution in [2.45, 2.75) is 6.42 Å². The normalized spacial score (nSPS) is 11.2. The van der Waals surface area contributed by atoms with E-state index < -0.39 is 5.91 Å². The number of hydrogen-bond donors (Lipinski definition) is 1. The number of nitrogens with zero attached hydrogens (tertiary/aromatic N) is 1. The van der Waals surface area contributed by atoms with Crippen LogP contribution in [0, 0.1) is 11.3 Å². The van der Waals surface area contributed by atoms with E-state index in [1.165, 1.54) is 6.08 Å². The molecule has 0 aliphatic rings.